The fourth-order valence-corrected chi connectivity index (χ4v) is 4.87. The first-order chi connectivity index (χ1) is 15.1. The van der Waals surface area contributed by atoms with E-state index < -0.39 is 22.5 Å². The molecule has 7 nitrogen and oxygen atoms in total. The second-order valence-corrected chi connectivity index (χ2v) is 9.50. The molecule has 0 heterocycles. The van der Waals surface area contributed by atoms with E-state index in [1.54, 1.807) is 42.5 Å². The average Bonchev–Trinajstić information content (AvgIpc) is 2.71. The normalized spacial score (nSPS) is 11.0. The minimum Gasteiger partial charge on any atom is -0.326 e. The molecule has 0 atom stereocenters. The van der Waals surface area contributed by atoms with E-state index in [2.05, 4.69) is 10.6 Å². The summed E-state index contributed by atoms with van der Waals surface area (Å²) in [4.78, 5) is 24.1. The Morgan fingerprint density at radius 2 is 1.44 bits per heavy atom. The molecule has 0 bridgehead atoms. The lowest BCUT2D eigenvalue weighted by Crippen LogP contribution is -2.38. The Morgan fingerprint density at radius 1 is 0.844 bits per heavy atom. The molecule has 0 saturated carbocycles. The van der Waals surface area contributed by atoms with Crippen molar-refractivity contribution in [2.24, 2.45) is 0 Å². The number of benzene rings is 3. The van der Waals surface area contributed by atoms with Crippen LogP contribution in [-0.2, 0) is 19.6 Å². The Kier molecular flexibility index (Phi) is 7.40. The number of carbonyl (C=O) groups is 2. The molecule has 0 saturated heterocycles. The van der Waals surface area contributed by atoms with E-state index in [9.17, 15) is 18.0 Å². The summed E-state index contributed by atoms with van der Waals surface area (Å²) in [6.45, 7) is 0.839. The molecule has 0 aliphatic carbocycles. The minimum absolute atomic E-state index is 0.0107. The van der Waals surface area contributed by atoms with Crippen LogP contribution in [0, 0.1) is 0 Å². The molecule has 2 N–H and O–H groups in total. The molecule has 0 unspecified atom stereocenters. The number of anilines is 3. The summed E-state index contributed by atoms with van der Waals surface area (Å²) in [7, 11) is -4.10. The van der Waals surface area contributed by atoms with Crippen LogP contribution in [-0.4, -0.2) is 26.8 Å². The van der Waals surface area contributed by atoms with Crippen LogP contribution >= 0.6 is 23.2 Å². The smallest absolute Gasteiger partial charge is 0.264 e. The van der Waals surface area contributed by atoms with Crippen molar-refractivity contribution in [3.63, 3.8) is 0 Å². The van der Waals surface area contributed by atoms with Crippen molar-refractivity contribution in [3.8, 4) is 0 Å². The van der Waals surface area contributed by atoms with Gasteiger partial charge in [0.1, 0.15) is 6.54 Å². The second kappa shape index (κ2) is 10.0. The van der Waals surface area contributed by atoms with Crippen LogP contribution in [0.1, 0.15) is 6.92 Å². The van der Waals surface area contributed by atoms with Gasteiger partial charge in [-0.05, 0) is 48.5 Å². The molecule has 0 radical (unpaired) electrons. The zero-order valence-electron chi connectivity index (χ0n) is 16.9. The Morgan fingerprint density at radius 3 is 2.03 bits per heavy atom. The maximum Gasteiger partial charge on any atom is 0.264 e. The fourth-order valence-electron chi connectivity index (χ4n) is 2.93. The van der Waals surface area contributed by atoms with Crippen molar-refractivity contribution >= 4 is 62.1 Å². The molecule has 0 aromatic heterocycles. The molecule has 10 heteroatoms. The number of nitrogens with one attached hydrogen (secondary N) is 2. The Balaban J connectivity index is 1.92. The summed E-state index contributed by atoms with van der Waals surface area (Å²) >= 11 is 12.1. The number of carbonyl (C=O) groups excluding carboxylic acids is 2. The van der Waals surface area contributed by atoms with Gasteiger partial charge in [0, 0.05) is 28.3 Å². The van der Waals surface area contributed by atoms with Gasteiger partial charge in [0.15, 0.2) is 0 Å². The first-order valence-electron chi connectivity index (χ1n) is 9.36. The molecular formula is C22H19Cl2N3O4S. The monoisotopic (exact) mass is 491 g/mol. The third-order valence-corrected chi connectivity index (χ3v) is 6.44. The summed E-state index contributed by atoms with van der Waals surface area (Å²) in [6, 6.07) is 18.5. The van der Waals surface area contributed by atoms with Gasteiger partial charge in [-0.15, -0.1) is 0 Å². The third-order valence-electron chi connectivity index (χ3n) is 4.22. The maximum atomic E-state index is 13.3. The number of hydrogen-bond donors (Lipinski definition) is 2. The summed E-state index contributed by atoms with van der Waals surface area (Å²) in [5.41, 5.74) is 1.03. The molecule has 0 aliphatic heterocycles. The number of nitrogens with zero attached hydrogens (tertiary/aromatic N) is 1. The van der Waals surface area contributed by atoms with Crippen LogP contribution in [0.5, 0.6) is 0 Å². The average molecular weight is 492 g/mol. The minimum atomic E-state index is -4.10. The van der Waals surface area contributed by atoms with E-state index in [0.29, 0.717) is 11.4 Å². The number of halogens is 2. The Labute approximate surface area is 196 Å². The van der Waals surface area contributed by atoms with Gasteiger partial charge in [-0.25, -0.2) is 8.42 Å². The lowest BCUT2D eigenvalue weighted by Gasteiger charge is -2.24. The van der Waals surface area contributed by atoms with Gasteiger partial charge >= 0.3 is 0 Å². The van der Waals surface area contributed by atoms with E-state index in [0.717, 1.165) is 4.31 Å². The van der Waals surface area contributed by atoms with Gasteiger partial charge < -0.3 is 10.6 Å². The molecule has 0 spiro atoms. The molecule has 0 aliphatic rings. The van der Waals surface area contributed by atoms with E-state index >= 15 is 0 Å². The molecule has 3 aromatic rings. The quantitative estimate of drug-likeness (QED) is 0.496. The van der Waals surface area contributed by atoms with Crippen molar-refractivity contribution in [1.82, 2.24) is 0 Å². The zero-order chi connectivity index (χ0) is 23.3. The molecule has 166 valence electrons. The van der Waals surface area contributed by atoms with Crippen LogP contribution in [0.2, 0.25) is 10.0 Å². The molecule has 3 rings (SSSR count). The number of hydrogen-bond acceptors (Lipinski definition) is 4. The first kappa shape index (κ1) is 23.6. The number of rotatable bonds is 7. The molecule has 32 heavy (non-hydrogen) atoms. The van der Waals surface area contributed by atoms with Gasteiger partial charge in [0.05, 0.1) is 10.6 Å². The SMILES string of the molecule is CC(=O)Nc1cccc(NC(=O)CN(c2cc(Cl)cc(Cl)c2)S(=O)(=O)c2ccccc2)c1. The largest absolute Gasteiger partial charge is 0.326 e. The third kappa shape index (κ3) is 6.00. The summed E-state index contributed by atoms with van der Waals surface area (Å²) in [5, 5.41) is 5.72. The molecule has 0 fully saturated rings. The topological polar surface area (TPSA) is 95.6 Å². The summed E-state index contributed by atoms with van der Waals surface area (Å²) in [6.07, 6.45) is 0. The lowest BCUT2D eigenvalue weighted by molar-refractivity contribution is -0.115. The number of amides is 2. The van der Waals surface area contributed by atoms with Crippen molar-refractivity contribution in [2.45, 2.75) is 11.8 Å². The first-order valence-corrected chi connectivity index (χ1v) is 11.6. The van der Waals surface area contributed by atoms with E-state index in [-0.39, 0.29) is 26.5 Å². The van der Waals surface area contributed by atoms with Gasteiger partial charge in [-0.1, -0.05) is 47.5 Å². The van der Waals surface area contributed by atoms with E-state index in [1.807, 2.05) is 0 Å². The lowest BCUT2D eigenvalue weighted by atomic mass is 10.2. The van der Waals surface area contributed by atoms with Crippen LogP contribution < -0.4 is 14.9 Å². The van der Waals surface area contributed by atoms with Gasteiger partial charge in [0.2, 0.25) is 11.8 Å². The molecular weight excluding hydrogens is 473 g/mol. The van der Waals surface area contributed by atoms with Crippen LogP contribution in [0.3, 0.4) is 0 Å². The fraction of sp³-hybridized carbons (Fsp3) is 0.0909. The zero-order valence-corrected chi connectivity index (χ0v) is 19.2. The van der Waals surface area contributed by atoms with E-state index in [1.165, 1.54) is 37.3 Å². The highest BCUT2D eigenvalue weighted by molar-refractivity contribution is 7.92. The molecule has 2 amide bonds. The predicted octanol–water partition coefficient (Wildman–Crippen LogP) is 4.79. The van der Waals surface area contributed by atoms with Gasteiger partial charge in [-0.2, -0.15) is 0 Å². The summed E-state index contributed by atoms with van der Waals surface area (Å²) < 4.78 is 27.6. The highest BCUT2D eigenvalue weighted by Gasteiger charge is 2.27. The Bertz CT molecular complexity index is 1230. The van der Waals surface area contributed by atoms with Crippen LogP contribution in [0.4, 0.5) is 17.1 Å². The van der Waals surface area contributed by atoms with Gasteiger partial charge in [0.25, 0.3) is 10.0 Å². The highest BCUT2D eigenvalue weighted by Crippen LogP contribution is 2.29. The van der Waals surface area contributed by atoms with Gasteiger partial charge in [-0.3, -0.25) is 13.9 Å². The molecule has 3 aromatic carbocycles. The highest BCUT2D eigenvalue weighted by atomic mass is 35.5. The maximum absolute atomic E-state index is 13.3. The van der Waals surface area contributed by atoms with Crippen molar-refractivity contribution in [1.29, 1.82) is 0 Å². The Hall–Kier alpha value is -3.07. The number of sulfonamides is 1. The van der Waals surface area contributed by atoms with Crippen molar-refractivity contribution < 1.29 is 18.0 Å². The standard InChI is InChI=1S/C22H19Cl2N3O4S/c1-15(28)25-18-6-5-7-19(13-18)26-22(29)14-27(20-11-16(23)10-17(24)12-20)32(30,31)21-8-3-2-4-9-21/h2-13H,14H2,1H3,(H,25,28)(H,26,29). The van der Waals surface area contributed by atoms with Crippen LogP contribution in [0.15, 0.2) is 77.7 Å². The van der Waals surface area contributed by atoms with Crippen molar-refractivity contribution in [2.75, 3.05) is 21.5 Å². The predicted molar refractivity (Wildman–Crippen MR) is 127 cm³/mol. The van der Waals surface area contributed by atoms with Crippen molar-refractivity contribution in [3.05, 3.63) is 82.8 Å². The van der Waals surface area contributed by atoms with Crippen LogP contribution in [0.25, 0.3) is 0 Å². The summed E-state index contributed by atoms with van der Waals surface area (Å²) in [5.74, 6) is -0.855. The van der Waals surface area contributed by atoms with E-state index in [4.69, 9.17) is 23.2 Å². The second-order valence-electron chi connectivity index (χ2n) is 6.76.